The number of likely N-dealkylation sites (N-methyl/N-ethyl adjacent to an activating group) is 1. The Bertz CT molecular complexity index is 726. The third-order valence-corrected chi connectivity index (χ3v) is 4.78. The van der Waals surface area contributed by atoms with Crippen LogP contribution in [0, 0.1) is 11.3 Å². The van der Waals surface area contributed by atoms with E-state index >= 15 is 0 Å². The summed E-state index contributed by atoms with van der Waals surface area (Å²) in [6, 6.07) is 9.52. The number of nitrogens with zero attached hydrogens (tertiary/aromatic N) is 4. The first-order chi connectivity index (χ1) is 12.0. The Kier molecular flexibility index (Phi) is 4.93. The van der Waals surface area contributed by atoms with Crippen LogP contribution in [0.2, 0.25) is 0 Å². The highest BCUT2D eigenvalue weighted by atomic mass is 16.3. The Labute approximate surface area is 147 Å². The molecule has 7 nitrogen and oxygen atoms in total. The highest BCUT2D eigenvalue weighted by molar-refractivity contribution is 5.88. The van der Waals surface area contributed by atoms with E-state index in [2.05, 4.69) is 11.0 Å². The van der Waals surface area contributed by atoms with Crippen LogP contribution >= 0.6 is 0 Å². The zero-order valence-electron chi connectivity index (χ0n) is 14.3. The van der Waals surface area contributed by atoms with E-state index in [9.17, 15) is 15.2 Å². The number of likely N-dealkylation sites (tertiary alicyclic amines) is 1. The molecule has 1 amide bonds. The molecule has 0 spiro atoms. The van der Waals surface area contributed by atoms with Gasteiger partial charge in [-0.15, -0.1) is 0 Å². The fourth-order valence-electron chi connectivity index (χ4n) is 3.34. The molecule has 1 fully saturated rings. The number of nitrogens with two attached hydrogens (primary N) is 1. The lowest BCUT2D eigenvalue weighted by molar-refractivity contribution is -0.155. The van der Waals surface area contributed by atoms with Crippen LogP contribution in [-0.4, -0.2) is 58.2 Å². The van der Waals surface area contributed by atoms with Gasteiger partial charge in [-0.2, -0.15) is 5.26 Å². The van der Waals surface area contributed by atoms with Crippen LogP contribution in [0.4, 0.5) is 0 Å². The Hall–Kier alpha value is -2.56. The van der Waals surface area contributed by atoms with Gasteiger partial charge in [-0.3, -0.25) is 9.69 Å². The summed E-state index contributed by atoms with van der Waals surface area (Å²) in [4.78, 5) is 17.3. The molecule has 3 rings (SSSR count). The lowest BCUT2D eigenvalue weighted by atomic mass is 10.1. The average molecular weight is 341 g/mol. The van der Waals surface area contributed by atoms with Gasteiger partial charge in [0.1, 0.15) is 5.82 Å². The number of benzene rings is 1. The number of nitriles is 1. The lowest BCUT2D eigenvalue weighted by Gasteiger charge is -2.45. The maximum absolute atomic E-state index is 12.2. The molecule has 2 heterocycles. The van der Waals surface area contributed by atoms with E-state index in [1.165, 1.54) is 4.90 Å². The normalized spacial score (nSPS) is 24.2. The van der Waals surface area contributed by atoms with Crippen molar-refractivity contribution < 1.29 is 9.90 Å². The Balaban J connectivity index is 1.94. The molecule has 2 atom stereocenters. The summed E-state index contributed by atoms with van der Waals surface area (Å²) >= 11 is 0. The number of piperidine rings is 1. The summed E-state index contributed by atoms with van der Waals surface area (Å²) in [6.07, 6.45) is 2.36. The first-order valence-corrected chi connectivity index (χ1v) is 8.43. The van der Waals surface area contributed by atoms with Crippen LogP contribution in [0.25, 0.3) is 0 Å². The first-order valence-electron chi connectivity index (χ1n) is 8.43. The van der Waals surface area contributed by atoms with Gasteiger partial charge in [-0.1, -0.05) is 18.2 Å². The van der Waals surface area contributed by atoms with Gasteiger partial charge in [0.25, 0.3) is 5.91 Å². The fourth-order valence-corrected chi connectivity index (χ4v) is 3.34. The van der Waals surface area contributed by atoms with E-state index in [1.54, 1.807) is 24.1 Å². The van der Waals surface area contributed by atoms with Crippen molar-refractivity contribution in [2.24, 2.45) is 5.73 Å². The summed E-state index contributed by atoms with van der Waals surface area (Å²) in [7, 11) is 1.56. The number of hydrogen-bond acceptors (Lipinski definition) is 6. The molecule has 25 heavy (non-hydrogen) atoms. The third-order valence-electron chi connectivity index (χ3n) is 4.78. The second-order valence-electron chi connectivity index (χ2n) is 6.54. The van der Waals surface area contributed by atoms with Crippen molar-refractivity contribution in [2.45, 2.75) is 31.8 Å². The molecule has 2 aliphatic rings. The zero-order valence-corrected chi connectivity index (χ0v) is 14.3. The van der Waals surface area contributed by atoms with Gasteiger partial charge in [0.15, 0.2) is 0 Å². The van der Waals surface area contributed by atoms with E-state index in [4.69, 9.17) is 5.73 Å². The maximum atomic E-state index is 12.2. The highest BCUT2D eigenvalue weighted by Crippen LogP contribution is 2.26. The van der Waals surface area contributed by atoms with E-state index in [1.807, 2.05) is 18.2 Å². The third kappa shape index (κ3) is 3.45. The van der Waals surface area contributed by atoms with Crippen LogP contribution in [0.15, 0.2) is 36.2 Å². The SMILES string of the molecule is CN1C(=O)C=C(N2CCCC(N)C2)N(Cc2ccccc2C#N)C1O. The number of aliphatic hydroxyl groups is 1. The van der Waals surface area contributed by atoms with E-state index in [-0.39, 0.29) is 11.9 Å². The second-order valence-corrected chi connectivity index (χ2v) is 6.54. The first kappa shape index (κ1) is 17.3. The topological polar surface area (TPSA) is 96.8 Å². The van der Waals surface area contributed by atoms with Crippen LogP contribution < -0.4 is 5.73 Å². The second kappa shape index (κ2) is 7.13. The smallest absolute Gasteiger partial charge is 0.253 e. The molecule has 1 aromatic carbocycles. The van der Waals surface area contributed by atoms with Crippen molar-refractivity contribution in [2.75, 3.05) is 20.1 Å². The molecular weight excluding hydrogens is 318 g/mol. The highest BCUT2D eigenvalue weighted by Gasteiger charge is 2.34. The number of carbonyl (C=O) groups is 1. The fraction of sp³-hybridized carbons (Fsp3) is 0.444. The van der Waals surface area contributed by atoms with Gasteiger partial charge in [-0.25, -0.2) is 0 Å². The minimum atomic E-state index is -1.09. The predicted molar refractivity (Wildman–Crippen MR) is 92.3 cm³/mol. The van der Waals surface area contributed by atoms with Crippen LogP contribution in [-0.2, 0) is 11.3 Å². The molecule has 1 aromatic rings. The lowest BCUT2D eigenvalue weighted by Crippen LogP contribution is -2.56. The summed E-state index contributed by atoms with van der Waals surface area (Å²) in [6.45, 7) is 1.77. The molecule has 0 bridgehead atoms. The molecule has 0 radical (unpaired) electrons. The molecule has 0 saturated carbocycles. The summed E-state index contributed by atoms with van der Waals surface area (Å²) in [5.41, 5.74) is 7.45. The van der Waals surface area contributed by atoms with Crippen molar-refractivity contribution >= 4 is 5.91 Å². The number of rotatable bonds is 3. The van der Waals surface area contributed by atoms with Crippen LogP contribution in [0.1, 0.15) is 24.0 Å². The van der Waals surface area contributed by atoms with Gasteiger partial charge in [0, 0.05) is 38.8 Å². The van der Waals surface area contributed by atoms with E-state index in [0.29, 0.717) is 24.5 Å². The number of carbonyl (C=O) groups excluding carboxylic acids is 1. The summed E-state index contributed by atoms with van der Waals surface area (Å²) < 4.78 is 0. The van der Waals surface area contributed by atoms with Crippen molar-refractivity contribution in [1.29, 1.82) is 5.26 Å². The molecule has 3 N–H and O–H groups in total. The molecule has 0 aliphatic carbocycles. The van der Waals surface area contributed by atoms with Crippen molar-refractivity contribution in [1.82, 2.24) is 14.7 Å². The quantitative estimate of drug-likeness (QED) is 0.825. The largest absolute Gasteiger partial charge is 0.356 e. The molecular formula is C18H23N5O2. The molecule has 132 valence electrons. The molecule has 2 aliphatic heterocycles. The van der Waals surface area contributed by atoms with E-state index < -0.39 is 6.35 Å². The van der Waals surface area contributed by atoms with Gasteiger partial charge >= 0.3 is 0 Å². The Morgan fingerprint density at radius 3 is 2.88 bits per heavy atom. The summed E-state index contributed by atoms with van der Waals surface area (Å²) in [5, 5.41) is 20.0. The summed E-state index contributed by atoms with van der Waals surface area (Å²) in [5.74, 6) is 0.421. The number of aliphatic hydroxyl groups excluding tert-OH is 1. The minimum absolute atomic E-state index is 0.0507. The van der Waals surface area contributed by atoms with Crippen LogP contribution in [0.3, 0.4) is 0 Å². The monoisotopic (exact) mass is 341 g/mol. The molecule has 0 aromatic heterocycles. The molecule has 7 heteroatoms. The van der Waals surface area contributed by atoms with Gasteiger partial charge < -0.3 is 20.6 Å². The van der Waals surface area contributed by atoms with Crippen LogP contribution in [0.5, 0.6) is 0 Å². The standard InChI is InChI=1S/C18H23N5O2/c1-21-17(24)9-16(22-8-4-7-15(20)12-22)23(18(21)25)11-14-6-3-2-5-13(14)10-19/h2-3,5-6,9,15,18,25H,4,7-8,11-12,20H2,1H3. The van der Waals surface area contributed by atoms with Gasteiger partial charge in [0.05, 0.1) is 11.6 Å². The Morgan fingerprint density at radius 1 is 1.40 bits per heavy atom. The molecule has 1 saturated heterocycles. The molecule has 2 unspecified atom stereocenters. The number of hydrogen-bond donors (Lipinski definition) is 2. The predicted octanol–water partition coefficient (Wildman–Crippen LogP) is 0.373. The van der Waals surface area contributed by atoms with Gasteiger partial charge in [0.2, 0.25) is 6.35 Å². The number of amides is 1. The average Bonchev–Trinajstić information content (AvgIpc) is 2.62. The van der Waals surface area contributed by atoms with Crippen molar-refractivity contribution in [3.63, 3.8) is 0 Å². The maximum Gasteiger partial charge on any atom is 0.253 e. The van der Waals surface area contributed by atoms with Gasteiger partial charge in [-0.05, 0) is 24.5 Å². The van der Waals surface area contributed by atoms with Crippen molar-refractivity contribution in [3.8, 4) is 6.07 Å². The Morgan fingerprint density at radius 2 is 2.16 bits per heavy atom. The minimum Gasteiger partial charge on any atom is -0.356 e. The zero-order chi connectivity index (χ0) is 18.0. The van der Waals surface area contributed by atoms with E-state index in [0.717, 1.165) is 24.9 Å². The van der Waals surface area contributed by atoms with Crippen molar-refractivity contribution in [3.05, 3.63) is 47.3 Å².